The Morgan fingerprint density at radius 1 is 1.60 bits per heavy atom. The average Bonchev–Trinajstić information content (AvgIpc) is 2.27. The summed E-state index contributed by atoms with van der Waals surface area (Å²) in [4.78, 5) is 14.8. The highest BCUT2D eigenvalue weighted by Crippen LogP contribution is 2.24. The number of benzene rings is 1. The van der Waals surface area contributed by atoms with Crippen LogP contribution in [-0.4, -0.2) is 18.7 Å². The standard InChI is InChI=1S/C9H10N4OS/c1-15-8-5-3-2-4-7(8)12-9(14)6-11-13-10/h2-5H,6H2,1H3,(H,12,14). The van der Waals surface area contributed by atoms with E-state index in [1.165, 1.54) is 0 Å². The number of hydrogen-bond donors (Lipinski definition) is 1. The number of rotatable bonds is 4. The van der Waals surface area contributed by atoms with Gasteiger partial charge < -0.3 is 5.32 Å². The summed E-state index contributed by atoms with van der Waals surface area (Å²) < 4.78 is 0. The van der Waals surface area contributed by atoms with Crippen LogP contribution in [0.4, 0.5) is 5.69 Å². The molecule has 1 aromatic rings. The molecular weight excluding hydrogens is 212 g/mol. The molecule has 0 fully saturated rings. The number of anilines is 1. The molecule has 0 atom stereocenters. The number of para-hydroxylation sites is 1. The molecule has 0 spiro atoms. The lowest BCUT2D eigenvalue weighted by atomic mass is 10.3. The quantitative estimate of drug-likeness (QED) is 0.368. The summed E-state index contributed by atoms with van der Waals surface area (Å²) in [5.41, 5.74) is 8.80. The average molecular weight is 222 g/mol. The zero-order valence-corrected chi connectivity index (χ0v) is 8.99. The summed E-state index contributed by atoms with van der Waals surface area (Å²) in [7, 11) is 0. The van der Waals surface area contributed by atoms with E-state index in [0.717, 1.165) is 10.6 Å². The number of amides is 1. The summed E-state index contributed by atoms with van der Waals surface area (Å²) in [5.74, 6) is -0.311. The number of azide groups is 1. The zero-order valence-electron chi connectivity index (χ0n) is 8.17. The van der Waals surface area contributed by atoms with Crippen molar-refractivity contribution < 1.29 is 4.79 Å². The molecular formula is C9H10N4OS. The summed E-state index contributed by atoms with van der Waals surface area (Å²) in [6.45, 7) is -0.181. The van der Waals surface area contributed by atoms with E-state index in [2.05, 4.69) is 15.3 Å². The van der Waals surface area contributed by atoms with E-state index in [1.807, 2.05) is 24.5 Å². The Morgan fingerprint density at radius 3 is 3.00 bits per heavy atom. The zero-order chi connectivity index (χ0) is 11.1. The molecule has 0 bridgehead atoms. The molecule has 1 amide bonds. The van der Waals surface area contributed by atoms with E-state index in [9.17, 15) is 4.79 Å². The highest BCUT2D eigenvalue weighted by molar-refractivity contribution is 7.98. The van der Waals surface area contributed by atoms with Crippen molar-refractivity contribution in [2.24, 2.45) is 5.11 Å². The first-order chi connectivity index (χ1) is 7.27. The van der Waals surface area contributed by atoms with Crippen LogP contribution < -0.4 is 5.32 Å². The van der Waals surface area contributed by atoms with Gasteiger partial charge in [-0.2, -0.15) is 0 Å². The summed E-state index contributed by atoms with van der Waals surface area (Å²) in [6.07, 6.45) is 1.93. The Morgan fingerprint density at radius 2 is 2.33 bits per heavy atom. The second kappa shape index (κ2) is 5.95. The lowest BCUT2D eigenvalue weighted by Crippen LogP contribution is -2.14. The van der Waals surface area contributed by atoms with Gasteiger partial charge in [-0.3, -0.25) is 4.79 Å². The third-order valence-corrected chi connectivity index (χ3v) is 2.45. The number of nitrogens with one attached hydrogen (secondary N) is 1. The van der Waals surface area contributed by atoms with E-state index in [1.54, 1.807) is 17.8 Å². The van der Waals surface area contributed by atoms with E-state index in [4.69, 9.17) is 5.53 Å². The third-order valence-electron chi connectivity index (χ3n) is 1.66. The minimum Gasteiger partial charge on any atom is -0.325 e. The first-order valence-corrected chi connectivity index (χ1v) is 5.44. The third kappa shape index (κ3) is 3.53. The fourth-order valence-electron chi connectivity index (χ4n) is 1.03. The number of hydrogen-bond acceptors (Lipinski definition) is 3. The smallest absolute Gasteiger partial charge is 0.230 e. The van der Waals surface area contributed by atoms with Crippen LogP contribution in [0, 0.1) is 0 Å². The number of thioether (sulfide) groups is 1. The van der Waals surface area contributed by atoms with E-state index < -0.39 is 0 Å². The minimum atomic E-state index is -0.311. The Balaban J connectivity index is 2.71. The van der Waals surface area contributed by atoms with Gasteiger partial charge in [0.2, 0.25) is 5.91 Å². The fourth-order valence-corrected chi connectivity index (χ4v) is 1.59. The normalized spacial score (nSPS) is 9.13. The van der Waals surface area contributed by atoms with Crippen molar-refractivity contribution >= 4 is 23.4 Å². The van der Waals surface area contributed by atoms with Crippen molar-refractivity contribution in [3.8, 4) is 0 Å². The largest absolute Gasteiger partial charge is 0.325 e. The lowest BCUT2D eigenvalue weighted by Gasteiger charge is -2.07. The highest BCUT2D eigenvalue weighted by Gasteiger charge is 2.03. The molecule has 0 radical (unpaired) electrons. The maximum Gasteiger partial charge on any atom is 0.230 e. The molecule has 0 aliphatic carbocycles. The minimum absolute atomic E-state index is 0.181. The van der Waals surface area contributed by atoms with Crippen LogP contribution in [0.2, 0.25) is 0 Å². The van der Waals surface area contributed by atoms with Crippen LogP contribution >= 0.6 is 11.8 Å². The Kier molecular flexibility index (Phi) is 4.53. The molecule has 0 saturated heterocycles. The number of carbonyl (C=O) groups excluding carboxylic acids is 1. The maximum atomic E-state index is 11.3. The van der Waals surface area contributed by atoms with Gasteiger partial charge in [0.25, 0.3) is 0 Å². The molecule has 6 heteroatoms. The van der Waals surface area contributed by atoms with Crippen LogP contribution in [0.3, 0.4) is 0 Å². The highest BCUT2D eigenvalue weighted by atomic mass is 32.2. The predicted molar refractivity (Wildman–Crippen MR) is 60.9 cm³/mol. The number of carbonyl (C=O) groups is 1. The first-order valence-electron chi connectivity index (χ1n) is 4.21. The Labute approximate surface area is 91.5 Å². The molecule has 1 N–H and O–H groups in total. The van der Waals surface area contributed by atoms with E-state index in [-0.39, 0.29) is 12.5 Å². The second-order valence-corrected chi connectivity index (χ2v) is 3.49. The summed E-state index contributed by atoms with van der Waals surface area (Å²) >= 11 is 1.54. The van der Waals surface area contributed by atoms with Gasteiger partial charge in [0, 0.05) is 9.81 Å². The lowest BCUT2D eigenvalue weighted by molar-refractivity contribution is -0.114. The van der Waals surface area contributed by atoms with Gasteiger partial charge in [-0.15, -0.1) is 11.8 Å². The van der Waals surface area contributed by atoms with Crippen molar-refractivity contribution in [1.29, 1.82) is 0 Å². The van der Waals surface area contributed by atoms with E-state index >= 15 is 0 Å². The van der Waals surface area contributed by atoms with Crippen molar-refractivity contribution in [3.63, 3.8) is 0 Å². The molecule has 15 heavy (non-hydrogen) atoms. The van der Waals surface area contributed by atoms with Crippen molar-refractivity contribution in [1.82, 2.24) is 0 Å². The molecule has 0 aliphatic rings. The van der Waals surface area contributed by atoms with Crippen molar-refractivity contribution in [2.75, 3.05) is 18.1 Å². The second-order valence-electron chi connectivity index (χ2n) is 2.64. The molecule has 0 saturated carbocycles. The van der Waals surface area contributed by atoms with Crippen LogP contribution in [0.5, 0.6) is 0 Å². The first kappa shape index (κ1) is 11.4. The molecule has 0 aromatic heterocycles. The van der Waals surface area contributed by atoms with Crippen LogP contribution in [0.25, 0.3) is 10.4 Å². The van der Waals surface area contributed by atoms with Crippen molar-refractivity contribution in [2.45, 2.75) is 4.90 Å². The van der Waals surface area contributed by atoms with Gasteiger partial charge in [-0.1, -0.05) is 17.2 Å². The van der Waals surface area contributed by atoms with Gasteiger partial charge >= 0.3 is 0 Å². The van der Waals surface area contributed by atoms with Gasteiger partial charge in [0.15, 0.2) is 0 Å². The van der Waals surface area contributed by atoms with Gasteiger partial charge in [0.05, 0.1) is 5.69 Å². The Bertz CT molecular complexity index is 401. The van der Waals surface area contributed by atoms with E-state index in [0.29, 0.717) is 0 Å². The molecule has 0 aliphatic heterocycles. The fraction of sp³-hybridized carbons (Fsp3) is 0.222. The molecule has 0 unspecified atom stereocenters. The summed E-state index contributed by atoms with van der Waals surface area (Å²) in [6, 6.07) is 7.45. The molecule has 78 valence electrons. The molecule has 1 aromatic carbocycles. The summed E-state index contributed by atoms with van der Waals surface area (Å²) in [5, 5.41) is 5.86. The molecule has 5 nitrogen and oxygen atoms in total. The van der Waals surface area contributed by atoms with Gasteiger partial charge in [-0.25, -0.2) is 0 Å². The Hall–Kier alpha value is -1.65. The van der Waals surface area contributed by atoms with Gasteiger partial charge in [0.1, 0.15) is 6.54 Å². The molecule has 1 rings (SSSR count). The van der Waals surface area contributed by atoms with Crippen LogP contribution in [0.15, 0.2) is 34.3 Å². The van der Waals surface area contributed by atoms with Crippen molar-refractivity contribution in [3.05, 3.63) is 34.7 Å². The SMILES string of the molecule is CSc1ccccc1NC(=O)CN=[N+]=[N-]. The predicted octanol–water partition coefficient (Wildman–Crippen LogP) is 2.66. The van der Waals surface area contributed by atoms with Gasteiger partial charge in [-0.05, 0) is 23.9 Å². The monoisotopic (exact) mass is 222 g/mol. The number of nitrogens with zero attached hydrogens (tertiary/aromatic N) is 3. The van der Waals surface area contributed by atoms with Crippen LogP contribution in [0.1, 0.15) is 0 Å². The molecule has 0 heterocycles. The van der Waals surface area contributed by atoms with Crippen LogP contribution in [-0.2, 0) is 4.79 Å². The topological polar surface area (TPSA) is 77.9 Å². The maximum absolute atomic E-state index is 11.3.